The maximum Gasteiger partial charge on any atom is 0.316 e. The highest BCUT2D eigenvalue weighted by atomic mass is 16.6. The molecule has 0 spiro atoms. The summed E-state index contributed by atoms with van der Waals surface area (Å²) in [5, 5.41) is 10.2. The molecule has 5 nitrogen and oxygen atoms in total. The van der Waals surface area contributed by atoms with E-state index in [9.17, 15) is 14.9 Å². The number of ether oxygens (including phenoxy) is 1. The molecule has 1 rings (SSSR count). The summed E-state index contributed by atoms with van der Waals surface area (Å²) in [7, 11) is 0. The highest BCUT2D eigenvalue weighted by molar-refractivity contribution is 5.79. The maximum atomic E-state index is 11.5. The summed E-state index contributed by atoms with van der Waals surface area (Å²) in [6, 6.07) is 0. The fraction of sp³-hybridized carbons (Fsp3) is 0.667. The predicted molar refractivity (Wildman–Crippen MR) is 49.1 cm³/mol. The second kappa shape index (κ2) is 4.21. The first-order valence-corrected chi connectivity index (χ1v) is 4.61. The van der Waals surface area contributed by atoms with E-state index in [0.717, 1.165) is 12.6 Å². The van der Waals surface area contributed by atoms with E-state index in [-0.39, 0.29) is 5.97 Å². The molecule has 1 heterocycles. The number of carbonyl (C=O) groups excluding carboxylic acids is 1. The van der Waals surface area contributed by atoms with Crippen molar-refractivity contribution in [1.29, 1.82) is 0 Å². The summed E-state index contributed by atoms with van der Waals surface area (Å²) in [4.78, 5) is 21.1. The van der Waals surface area contributed by atoms with E-state index in [1.54, 1.807) is 0 Å². The van der Waals surface area contributed by atoms with E-state index in [4.69, 9.17) is 4.74 Å². The van der Waals surface area contributed by atoms with E-state index in [2.05, 4.69) is 0 Å². The van der Waals surface area contributed by atoms with Gasteiger partial charge in [-0.25, -0.2) is 0 Å². The Balaban J connectivity index is 2.83. The number of cyclic esters (lactones) is 1. The molecule has 0 aromatic heterocycles. The molecule has 5 heteroatoms. The van der Waals surface area contributed by atoms with Gasteiger partial charge in [-0.2, -0.15) is 0 Å². The summed E-state index contributed by atoms with van der Waals surface area (Å²) in [5.41, 5.74) is -0.772. The summed E-state index contributed by atoms with van der Waals surface area (Å²) < 4.78 is 4.90. The Bertz CT molecular complexity index is 274. The van der Waals surface area contributed by atoms with Gasteiger partial charge in [-0.05, 0) is 19.3 Å². The van der Waals surface area contributed by atoms with Crippen molar-refractivity contribution in [2.24, 2.45) is 5.41 Å². The zero-order valence-corrected chi connectivity index (χ0v) is 8.06. The zero-order chi connectivity index (χ0) is 10.6. The number of nitrogens with zero attached hydrogens (tertiary/aromatic N) is 1. The maximum absolute atomic E-state index is 11.5. The van der Waals surface area contributed by atoms with Crippen molar-refractivity contribution in [3.8, 4) is 0 Å². The average Bonchev–Trinajstić information content (AvgIpc) is 2.17. The van der Waals surface area contributed by atoms with Gasteiger partial charge in [-0.1, -0.05) is 6.92 Å². The molecule has 1 saturated heterocycles. The van der Waals surface area contributed by atoms with Crippen LogP contribution in [0, 0.1) is 15.5 Å². The Morgan fingerprint density at radius 3 is 2.93 bits per heavy atom. The fourth-order valence-corrected chi connectivity index (χ4v) is 1.59. The topological polar surface area (TPSA) is 69.4 Å². The van der Waals surface area contributed by atoms with Crippen LogP contribution >= 0.6 is 0 Å². The van der Waals surface area contributed by atoms with Crippen LogP contribution in [0.15, 0.2) is 12.3 Å². The van der Waals surface area contributed by atoms with Gasteiger partial charge in [0.15, 0.2) is 0 Å². The van der Waals surface area contributed by atoms with Crippen LogP contribution in [0.1, 0.15) is 26.2 Å². The summed E-state index contributed by atoms with van der Waals surface area (Å²) in [5.74, 6) is -0.343. The monoisotopic (exact) mass is 199 g/mol. The third-order valence-corrected chi connectivity index (χ3v) is 2.55. The van der Waals surface area contributed by atoms with Gasteiger partial charge in [0.2, 0.25) is 6.20 Å². The van der Waals surface area contributed by atoms with Gasteiger partial charge in [-0.15, -0.1) is 0 Å². The Morgan fingerprint density at radius 1 is 1.71 bits per heavy atom. The van der Waals surface area contributed by atoms with Crippen molar-refractivity contribution in [3.63, 3.8) is 0 Å². The van der Waals surface area contributed by atoms with Gasteiger partial charge in [0.1, 0.15) is 0 Å². The van der Waals surface area contributed by atoms with Gasteiger partial charge < -0.3 is 4.74 Å². The highest BCUT2D eigenvalue weighted by Gasteiger charge is 2.39. The van der Waals surface area contributed by atoms with Crippen LogP contribution in [0.3, 0.4) is 0 Å². The molecule has 1 fully saturated rings. The summed E-state index contributed by atoms with van der Waals surface area (Å²) in [6.07, 6.45) is 4.12. The van der Waals surface area contributed by atoms with Crippen LogP contribution in [-0.4, -0.2) is 17.5 Å². The lowest BCUT2D eigenvalue weighted by atomic mass is 9.79. The molecule has 78 valence electrons. The van der Waals surface area contributed by atoms with Crippen molar-refractivity contribution in [3.05, 3.63) is 22.4 Å². The lowest BCUT2D eigenvalue weighted by molar-refractivity contribution is -0.403. The number of hydrogen-bond acceptors (Lipinski definition) is 4. The Labute approximate surface area is 81.9 Å². The van der Waals surface area contributed by atoms with E-state index in [0.29, 0.717) is 19.4 Å². The lowest BCUT2D eigenvalue weighted by Crippen LogP contribution is -2.35. The van der Waals surface area contributed by atoms with Crippen LogP contribution in [0.5, 0.6) is 0 Å². The van der Waals surface area contributed by atoms with Crippen LogP contribution in [0.25, 0.3) is 0 Å². The van der Waals surface area contributed by atoms with E-state index >= 15 is 0 Å². The molecular weight excluding hydrogens is 186 g/mol. The molecule has 0 aliphatic carbocycles. The van der Waals surface area contributed by atoms with Crippen molar-refractivity contribution in [1.82, 2.24) is 0 Å². The van der Waals surface area contributed by atoms with Gasteiger partial charge in [0, 0.05) is 6.08 Å². The molecule has 0 aromatic carbocycles. The highest BCUT2D eigenvalue weighted by Crippen LogP contribution is 2.34. The first-order valence-electron chi connectivity index (χ1n) is 4.61. The first kappa shape index (κ1) is 10.7. The minimum atomic E-state index is -0.772. The van der Waals surface area contributed by atoms with Gasteiger partial charge in [-0.3, -0.25) is 14.9 Å². The Kier molecular flexibility index (Phi) is 3.22. The van der Waals surface area contributed by atoms with Crippen LogP contribution in [0.4, 0.5) is 0 Å². The molecule has 1 unspecified atom stereocenters. The predicted octanol–water partition coefficient (Wildman–Crippen LogP) is 1.51. The smallest absolute Gasteiger partial charge is 0.316 e. The molecule has 0 aromatic rings. The molecule has 0 N–H and O–H groups in total. The minimum absolute atomic E-state index is 0.343. The molecule has 14 heavy (non-hydrogen) atoms. The standard InChI is InChI=1S/C9H13NO4/c1-2-9(5-6-10(12)13)4-3-7-14-8(9)11/h5-6H,2-4,7H2,1H3/b6-5+. The number of nitro groups is 1. The van der Waals surface area contributed by atoms with Crippen molar-refractivity contribution >= 4 is 5.97 Å². The molecule has 1 aliphatic heterocycles. The van der Waals surface area contributed by atoms with Crippen LogP contribution in [-0.2, 0) is 9.53 Å². The zero-order valence-electron chi connectivity index (χ0n) is 8.06. The number of esters is 1. The van der Waals surface area contributed by atoms with Crippen molar-refractivity contribution in [2.45, 2.75) is 26.2 Å². The quantitative estimate of drug-likeness (QED) is 0.392. The molecule has 1 atom stereocenters. The summed E-state index contributed by atoms with van der Waals surface area (Å²) >= 11 is 0. The number of hydrogen-bond donors (Lipinski definition) is 0. The second-order valence-electron chi connectivity index (χ2n) is 3.35. The fourth-order valence-electron chi connectivity index (χ4n) is 1.59. The van der Waals surface area contributed by atoms with Crippen molar-refractivity contribution in [2.75, 3.05) is 6.61 Å². The third kappa shape index (κ3) is 2.10. The lowest BCUT2D eigenvalue weighted by Gasteiger charge is -2.30. The minimum Gasteiger partial charge on any atom is -0.465 e. The largest absolute Gasteiger partial charge is 0.465 e. The van der Waals surface area contributed by atoms with E-state index in [1.165, 1.54) is 6.08 Å². The first-order chi connectivity index (χ1) is 6.60. The second-order valence-corrected chi connectivity index (χ2v) is 3.35. The Morgan fingerprint density at radius 2 is 2.43 bits per heavy atom. The van der Waals surface area contributed by atoms with E-state index in [1.807, 2.05) is 6.92 Å². The molecule has 0 saturated carbocycles. The SMILES string of the molecule is CCC1(/C=C/[N+](=O)[O-])CCCOC1=O. The van der Waals surface area contributed by atoms with Gasteiger partial charge >= 0.3 is 5.97 Å². The molecule has 0 amide bonds. The molecule has 0 bridgehead atoms. The number of rotatable bonds is 3. The normalized spacial score (nSPS) is 27.6. The van der Waals surface area contributed by atoms with E-state index < -0.39 is 10.3 Å². The van der Waals surface area contributed by atoms with Crippen LogP contribution < -0.4 is 0 Å². The number of carbonyl (C=O) groups is 1. The average molecular weight is 199 g/mol. The third-order valence-electron chi connectivity index (χ3n) is 2.55. The van der Waals surface area contributed by atoms with Crippen molar-refractivity contribution < 1.29 is 14.5 Å². The van der Waals surface area contributed by atoms with Gasteiger partial charge in [0.05, 0.1) is 16.9 Å². The molecule has 0 radical (unpaired) electrons. The molecular formula is C9H13NO4. The molecule has 1 aliphatic rings. The summed E-state index contributed by atoms with van der Waals surface area (Å²) in [6.45, 7) is 2.25. The van der Waals surface area contributed by atoms with Crippen LogP contribution in [0.2, 0.25) is 0 Å². The van der Waals surface area contributed by atoms with Gasteiger partial charge in [0.25, 0.3) is 0 Å². The Hall–Kier alpha value is -1.39.